The van der Waals surface area contributed by atoms with Gasteiger partial charge in [-0.2, -0.15) is 0 Å². The number of rotatable bonds is 11. The number of carbonyl (C=O) groups excluding carboxylic acids is 2. The van der Waals surface area contributed by atoms with Crippen molar-refractivity contribution in [3.05, 3.63) is 131 Å². The molecular formula is C32H32ClN3O4S. The van der Waals surface area contributed by atoms with E-state index in [9.17, 15) is 18.0 Å². The van der Waals surface area contributed by atoms with Crippen LogP contribution in [0.15, 0.2) is 114 Å². The zero-order chi connectivity index (χ0) is 29.4. The zero-order valence-electron chi connectivity index (χ0n) is 22.9. The van der Waals surface area contributed by atoms with Crippen molar-refractivity contribution in [3.63, 3.8) is 0 Å². The highest BCUT2D eigenvalue weighted by Gasteiger charge is 2.34. The number of halogens is 1. The van der Waals surface area contributed by atoms with Crippen LogP contribution in [0.5, 0.6) is 0 Å². The standard InChI is InChI=1S/C32H32ClN3O4S/c1-24-13-19-29(20-14-24)41(39,40)36(28-11-7-4-8-12-28)23-31(37)35(22-26-15-17-27(33)18-16-26)30(32(38)34-2)21-25-9-5-3-6-10-25/h3-20,30H,21-23H2,1-2H3,(H,34,38)/t30-/m1/s1. The van der Waals surface area contributed by atoms with Crippen molar-refractivity contribution in [1.29, 1.82) is 0 Å². The van der Waals surface area contributed by atoms with Crippen LogP contribution < -0.4 is 9.62 Å². The third-order valence-electron chi connectivity index (χ3n) is 6.72. The predicted molar refractivity (Wildman–Crippen MR) is 162 cm³/mol. The van der Waals surface area contributed by atoms with Crippen molar-refractivity contribution >= 4 is 39.1 Å². The average molecular weight is 590 g/mol. The van der Waals surface area contributed by atoms with Gasteiger partial charge in [-0.25, -0.2) is 8.42 Å². The summed E-state index contributed by atoms with van der Waals surface area (Å²) in [6.45, 7) is 1.44. The highest BCUT2D eigenvalue weighted by atomic mass is 35.5. The largest absolute Gasteiger partial charge is 0.357 e. The van der Waals surface area contributed by atoms with E-state index in [0.717, 1.165) is 21.0 Å². The average Bonchev–Trinajstić information content (AvgIpc) is 2.99. The maximum atomic E-state index is 14.2. The van der Waals surface area contributed by atoms with E-state index in [0.29, 0.717) is 10.7 Å². The Labute approximate surface area is 246 Å². The minimum absolute atomic E-state index is 0.0659. The molecule has 4 aromatic carbocycles. The van der Waals surface area contributed by atoms with E-state index in [4.69, 9.17) is 11.6 Å². The van der Waals surface area contributed by atoms with Crippen LogP contribution in [0, 0.1) is 6.92 Å². The van der Waals surface area contributed by atoms with Crippen LogP contribution >= 0.6 is 11.6 Å². The van der Waals surface area contributed by atoms with Crippen molar-refractivity contribution in [3.8, 4) is 0 Å². The molecule has 2 amide bonds. The molecule has 212 valence electrons. The van der Waals surface area contributed by atoms with Crippen molar-refractivity contribution in [2.24, 2.45) is 0 Å². The molecule has 0 aliphatic rings. The first-order valence-electron chi connectivity index (χ1n) is 13.1. The fourth-order valence-electron chi connectivity index (χ4n) is 4.47. The fourth-order valence-corrected chi connectivity index (χ4v) is 6.01. The third-order valence-corrected chi connectivity index (χ3v) is 8.76. The maximum Gasteiger partial charge on any atom is 0.264 e. The first-order chi connectivity index (χ1) is 19.7. The van der Waals surface area contributed by atoms with Crippen molar-refractivity contribution in [2.75, 3.05) is 17.9 Å². The summed E-state index contributed by atoms with van der Waals surface area (Å²) < 4.78 is 28.9. The van der Waals surface area contributed by atoms with Crippen molar-refractivity contribution in [2.45, 2.75) is 30.8 Å². The highest BCUT2D eigenvalue weighted by molar-refractivity contribution is 7.92. The van der Waals surface area contributed by atoms with Gasteiger partial charge in [-0.15, -0.1) is 0 Å². The molecule has 0 saturated heterocycles. The van der Waals surface area contributed by atoms with Gasteiger partial charge in [0.25, 0.3) is 10.0 Å². The van der Waals surface area contributed by atoms with Crippen LogP contribution in [0.2, 0.25) is 5.02 Å². The lowest BCUT2D eigenvalue weighted by Crippen LogP contribution is -2.53. The molecule has 0 aromatic heterocycles. The van der Waals surface area contributed by atoms with Gasteiger partial charge in [0.05, 0.1) is 10.6 Å². The van der Waals surface area contributed by atoms with Gasteiger partial charge in [0.2, 0.25) is 11.8 Å². The molecule has 4 rings (SSSR count). The Balaban J connectivity index is 1.76. The number of anilines is 1. The number of nitrogens with zero attached hydrogens (tertiary/aromatic N) is 2. The molecule has 0 bridgehead atoms. The molecule has 4 aromatic rings. The second-order valence-corrected chi connectivity index (χ2v) is 11.9. The summed E-state index contributed by atoms with van der Waals surface area (Å²) in [5, 5.41) is 3.22. The molecule has 0 spiro atoms. The number of nitrogens with one attached hydrogen (secondary N) is 1. The predicted octanol–water partition coefficient (Wildman–Crippen LogP) is 5.23. The van der Waals surface area contributed by atoms with E-state index in [2.05, 4.69) is 5.32 Å². The topological polar surface area (TPSA) is 86.8 Å². The Bertz CT molecular complexity index is 1560. The molecule has 0 fully saturated rings. The van der Waals surface area contributed by atoms with Gasteiger partial charge in [-0.3, -0.25) is 13.9 Å². The molecule has 41 heavy (non-hydrogen) atoms. The number of sulfonamides is 1. The summed E-state index contributed by atoms with van der Waals surface area (Å²) in [5.74, 6) is -0.882. The van der Waals surface area contributed by atoms with Crippen LogP contribution in [0.1, 0.15) is 16.7 Å². The van der Waals surface area contributed by atoms with Gasteiger partial charge >= 0.3 is 0 Å². The molecule has 1 N–H and O–H groups in total. The zero-order valence-corrected chi connectivity index (χ0v) is 24.5. The van der Waals surface area contributed by atoms with Crippen LogP contribution in [0.4, 0.5) is 5.69 Å². The van der Waals surface area contributed by atoms with Gasteiger partial charge in [-0.1, -0.05) is 90.0 Å². The van der Waals surface area contributed by atoms with E-state index < -0.39 is 28.5 Å². The molecule has 9 heteroatoms. The van der Waals surface area contributed by atoms with Crippen LogP contribution in [-0.4, -0.2) is 44.8 Å². The molecule has 0 radical (unpaired) electrons. The minimum Gasteiger partial charge on any atom is -0.357 e. The Kier molecular flexibility index (Phi) is 9.81. The minimum atomic E-state index is -4.12. The summed E-state index contributed by atoms with van der Waals surface area (Å²) >= 11 is 6.09. The molecule has 1 atom stereocenters. The number of benzene rings is 4. The van der Waals surface area contributed by atoms with E-state index in [-0.39, 0.29) is 23.8 Å². The molecule has 0 saturated carbocycles. The second-order valence-electron chi connectivity index (χ2n) is 9.63. The van der Waals surface area contributed by atoms with E-state index in [1.807, 2.05) is 37.3 Å². The summed E-state index contributed by atoms with van der Waals surface area (Å²) in [4.78, 5) is 29.0. The number of hydrogen-bond donors (Lipinski definition) is 1. The first kappa shape index (κ1) is 29.8. The molecule has 7 nitrogen and oxygen atoms in total. The molecule has 0 aliphatic carbocycles. The van der Waals surface area contributed by atoms with Gasteiger partial charge < -0.3 is 10.2 Å². The van der Waals surface area contributed by atoms with Gasteiger partial charge in [-0.05, 0) is 54.4 Å². The molecule has 0 heterocycles. The van der Waals surface area contributed by atoms with Gasteiger partial charge in [0.1, 0.15) is 12.6 Å². The number of amides is 2. The number of aryl methyl sites for hydroxylation is 1. The fraction of sp³-hybridized carbons (Fsp3) is 0.188. The lowest BCUT2D eigenvalue weighted by Gasteiger charge is -2.33. The summed E-state index contributed by atoms with van der Waals surface area (Å²) in [6.07, 6.45) is 0.246. The lowest BCUT2D eigenvalue weighted by molar-refractivity contribution is -0.139. The third kappa shape index (κ3) is 7.54. The number of para-hydroxylation sites is 1. The Morgan fingerprint density at radius 3 is 1.98 bits per heavy atom. The SMILES string of the molecule is CNC(=O)[C@@H](Cc1ccccc1)N(Cc1ccc(Cl)cc1)C(=O)CN(c1ccccc1)S(=O)(=O)c1ccc(C)cc1. The maximum absolute atomic E-state index is 14.2. The molecular weight excluding hydrogens is 558 g/mol. The molecule has 0 aliphatic heterocycles. The Morgan fingerprint density at radius 1 is 0.805 bits per heavy atom. The van der Waals surface area contributed by atoms with Crippen molar-refractivity contribution in [1.82, 2.24) is 10.2 Å². The highest BCUT2D eigenvalue weighted by Crippen LogP contribution is 2.25. The summed E-state index contributed by atoms with van der Waals surface area (Å²) in [7, 11) is -2.60. The summed E-state index contributed by atoms with van der Waals surface area (Å²) in [5.41, 5.74) is 2.86. The number of carbonyl (C=O) groups is 2. The van der Waals surface area contributed by atoms with Gasteiger partial charge in [0.15, 0.2) is 0 Å². The van der Waals surface area contributed by atoms with E-state index in [1.54, 1.807) is 66.7 Å². The van der Waals surface area contributed by atoms with E-state index >= 15 is 0 Å². The Morgan fingerprint density at radius 2 is 1.39 bits per heavy atom. The van der Waals surface area contributed by atoms with Crippen molar-refractivity contribution < 1.29 is 18.0 Å². The summed E-state index contributed by atoms with van der Waals surface area (Å²) in [6, 6.07) is 30.4. The second kappa shape index (κ2) is 13.5. The quantitative estimate of drug-likeness (QED) is 0.260. The normalized spacial score (nSPS) is 11.9. The van der Waals surface area contributed by atoms with Crippen LogP contribution in [0.25, 0.3) is 0 Å². The van der Waals surface area contributed by atoms with Gasteiger partial charge in [0, 0.05) is 25.0 Å². The number of hydrogen-bond acceptors (Lipinski definition) is 4. The smallest absolute Gasteiger partial charge is 0.264 e. The lowest BCUT2D eigenvalue weighted by atomic mass is 10.0. The number of likely N-dealkylation sites (N-methyl/N-ethyl adjacent to an activating group) is 1. The molecule has 0 unspecified atom stereocenters. The van der Waals surface area contributed by atoms with Crippen LogP contribution in [0.3, 0.4) is 0 Å². The Hall–Kier alpha value is -4.14. The van der Waals surface area contributed by atoms with E-state index in [1.165, 1.54) is 24.1 Å². The van der Waals surface area contributed by atoms with Crippen LogP contribution in [-0.2, 0) is 32.6 Å². The first-order valence-corrected chi connectivity index (χ1v) is 14.9. The monoisotopic (exact) mass is 589 g/mol.